The number of rotatable bonds is 38. The van der Waals surface area contributed by atoms with Crippen LogP contribution in [0.25, 0.3) is 0 Å². The largest absolute Gasteiger partial charge is 2.00 e. The van der Waals surface area contributed by atoms with Gasteiger partial charge in [0.25, 0.3) is 0 Å². The third-order valence-corrected chi connectivity index (χ3v) is 9.20. The zero-order valence-corrected chi connectivity index (χ0v) is 36.5. The number of hydrogen-bond donors (Lipinski definition) is 0. The van der Waals surface area contributed by atoms with Crippen molar-refractivity contribution >= 4 is 61.6 Å². The first-order valence-electron chi connectivity index (χ1n) is 21.4. The van der Waals surface area contributed by atoms with Crippen LogP contribution in [-0.4, -0.2) is 74.8 Å². The average molecular weight is 775 g/mol. The Morgan fingerprint density at radius 2 is 0.528 bits per heavy atom. The van der Waals surface area contributed by atoms with E-state index in [1.54, 1.807) is 0 Å². The van der Waals surface area contributed by atoms with E-state index in [1.165, 1.54) is 180 Å². The van der Waals surface area contributed by atoms with Crippen molar-refractivity contribution in [3.8, 4) is 0 Å². The van der Waals surface area contributed by atoms with E-state index in [0.29, 0.717) is 25.4 Å². The molecule has 0 aliphatic heterocycles. The molecule has 0 bridgehead atoms. The number of aliphatic carboxylic acids is 2. The molecule has 9 heteroatoms. The summed E-state index contributed by atoms with van der Waals surface area (Å²) in [6, 6.07) is 0. The summed E-state index contributed by atoms with van der Waals surface area (Å²) in [6.45, 7) is 5.24. The molecule has 0 saturated carbocycles. The van der Waals surface area contributed by atoms with Crippen molar-refractivity contribution in [3.05, 3.63) is 24.3 Å². The van der Waals surface area contributed by atoms with Gasteiger partial charge in [0, 0.05) is 12.2 Å². The van der Waals surface area contributed by atoms with Crippen LogP contribution in [-0.2, 0) is 28.7 Å². The van der Waals surface area contributed by atoms with E-state index in [2.05, 4.69) is 13.8 Å². The van der Waals surface area contributed by atoms with Crippen LogP contribution in [0.1, 0.15) is 219 Å². The monoisotopic (exact) mass is 775 g/mol. The Hall–Kier alpha value is -1.38. The molecule has 0 aliphatic carbocycles. The minimum atomic E-state index is -1.38. The fourth-order valence-corrected chi connectivity index (χ4v) is 6.01. The van der Waals surface area contributed by atoms with Crippen molar-refractivity contribution in [2.24, 2.45) is 0 Å². The van der Waals surface area contributed by atoms with Crippen molar-refractivity contribution in [1.29, 1.82) is 0 Å². The van der Waals surface area contributed by atoms with Gasteiger partial charge in [0.15, 0.2) is 0 Å². The second kappa shape index (κ2) is 48.6. The van der Waals surface area contributed by atoms with Crippen LogP contribution in [0.15, 0.2) is 24.3 Å². The maximum Gasteiger partial charge on any atom is 2.00 e. The molecule has 0 aliphatic rings. The summed E-state index contributed by atoms with van der Waals surface area (Å²) in [5.41, 5.74) is 0. The number of carbonyl (C=O) groups is 4. The maximum atomic E-state index is 11.1. The summed E-state index contributed by atoms with van der Waals surface area (Å²) in [6.07, 6.45) is 44.9. The Bertz CT molecular complexity index is 803. The van der Waals surface area contributed by atoms with Gasteiger partial charge in [-0.2, -0.15) is 0 Å². The standard InChI is InChI=1S/2C22H40O4.Ca/c2*1-2-3-4-5-6-7-8-9-10-11-12-13-14-15-16-17-20-26-22(25)19-18-21(23)24;/h2*18-19H,2-17,20H2,1H3,(H,23,24);/q;;+2/p-2/b2*19-18-;. The topological polar surface area (TPSA) is 133 Å². The summed E-state index contributed by atoms with van der Waals surface area (Å²) in [4.78, 5) is 42.5. The molecule has 304 valence electrons. The van der Waals surface area contributed by atoms with Crippen LogP contribution in [0.5, 0.6) is 0 Å². The van der Waals surface area contributed by atoms with E-state index in [1.807, 2.05) is 0 Å². The summed E-state index contributed by atoms with van der Waals surface area (Å²) in [5, 5.41) is 20.3. The Morgan fingerprint density at radius 1 is 0.340 bits per heavy atom. The van der Waals surface area contributed by atoms with Gasteiger partial charge < -0.3 is 29.3 Å². The van der Waals surface area contributed by atoms with Crippen LogP contribution >= 0.6 is 0 Å². The van der Waals surface area contributed by atoms with Crippen molar-refractivity contribution in [2.45, 2.75) is 219 Å². The number of hydrogen-bond acceptors (Lipinski definition) is 8. The Labute approximate surface area is 355 Å². The fraction of sp³-hybridized carbons (Fsp3) is 0.818. The molecule has 0 saturated heterocycles. The van der Waals surface area contributed by atoms with Crippen LogP contribution in [0.2, 0.25) is 0 Å². The Kier molecular flexibility index (Phi) is 51.4. The second-order valence-corrected chi connectivity index (χ2v) is 14.2. The molecule has 0 unspecified atom stereocenters. The minimum absolute atomic E-state index is 0. The summed E-state index contributed by atoms with van der Waals surface area (Å²) >= 11 is 0. The second-order valence-electron chi connectivity index (χ2n) is 14.2. The molecule has 0 aromatic rings. The van der Waals surface area contributed by atoms with E-state index in [9.17, 15) is 29.4 Å². The van der Waals surface area contributed by atoms with Crippen molar-refractivity contribution in [3.63, 3.8) is 0 Å². The zero-order valence-electron chi connectivity index (χ0n) is 34.3. The molecule has 0 heterocycles. The van der Waals surface area contributed by atoms with E-state index in [0.717, 1.165) is 37.8 Å². The predicted octanol–water partition coefficient (Wildman–Crippen LogP) is 9.81. The molecule has 0 amide bonds. The number of ether oxygens (including phenoxy) is 2. The number of carbonyl (C=O) groups excluding carboxylic acids is 4. The number of carboxylic acid groups (broad SMARTS) is 2. The van der Waals surface area contributed by atoms with E-state index >= 15 is 0 Å². The number of unbranched alkanes of at least 4 members (excludes halogenated alkanes) is 30. The molecule has 0 radical (unpaired) electrons. The molecule has 0 N–H and O–H groups in total. The maximum absolute atomic E-state index is 11.1. The van der Waals surface area contributed by atoms with Gasteiger partial charge >= 0.3 is 49.7 Å². The smallest absolute Gasteiger partial charge is 0.545 e. The van der Waals surface area contributed by atoms with Gasteiger partial charge in [-0.25, -0.2) is 9.59 Å². The van der Waals surface area contributed by atoms with Gasteiger partial charge in [-0.05, 0) is 25.0 Å². The molecule has 0 rings (SSSR count). The van der Waals surface area contributed by atoms with E-state index in [-0.39, 0.29) is 37.7 Å². The van der Waals surface area contributed by atoms with Gasteiger partial charge in [0.2, 0.25) is 0 Å². The first kappa shape index (κ1) is 56.0. The Morgan fingerprint density at radius 3 is 0.717 bits per heavy atom. The zero-order chi connectivity index (χ0) is 38.6. The molecule has 0 fully saturated rings. The molecule has 0 aromatic carbocycles. The van der Waals surface area contributed by atoms with Crippen molar-refractivity contribution in [1.82, 2.24) is 0 Å². The van der Waals surface area contributed by atoms with Crippen molar-refractivity contribution in [2.75, 3.05) is 13.2 Å². The third-order valence-electron chi connectivity index (χ3n) is 9.20. The normalized spacial score (nSPS) is 10.9. The number of esters is 2. The molecule has 8 nitrogen and oxygen atoms in total. The van der Waals surface area contributed by atoms with E-state index in [4.69, 9.17) is 9.47 Å². The van der Waals surface area contributed by atoms with Crippen LogP contribution in [0.3, 0.4) is 0 Å². The summed E-state index contributed by atoms with van der Waals surface area (Å²) in [5.74, 6) is -4.00. The third kappa shape index (κ3) is 55.1. The molecular weight excluding hydrogens is 697 g/mol. The molecule has 0 atom stereocenters. The molecule has 0 spiro atoms. The fourth-order valence-electron chi connectivity index (χ4n) is 6.01. The minimum Gasteiger partial charge on any atom is -0.545 e. The molecule has 53 heavy (non-hydrogen) atoms. The SMILES string of the molecule is CCCCCCCCCCCCCCCCCCOC(=O)/C=C\C(=O)[O-].CCCCCCCCCCCCCCCCCCOC(=O)/C=C\C(=O)[O-].[Ca+2]. The molecular formula is C44H78CaO8. The predicted molar refractivity (Wildman–Crippen MR) is 215 cm³/mol. The Balaban J connectivity index is -0.000000926. The molecule has 0 aromatic heterocycles. The quantitative estimate of drug-likeness (QED) is 0.0262. The van der Waals surface area contributed by atoms with Gasteiger partial charge in [-0.3, -0.25) is 0 Å². The van der Waals surface area contributed by atoms with E-state index < -0.39 is 23.9 Å². The van der Waals surface area contributed by atoms with Gasteiger partial charge in [-0.15, -0.1) is 0 Å². The van der Waals surface area contributed by atoms with Crippen molar-refractivity contribution < 1.29 is 38.9 Å². The van der Waals surface area contributed by atoms with Crippen LogP contribution in [0.4, 0.5) is 0 Å². The first-order chi connectivity index (χ1) is 25.3. The van der Waals surface area contributed by atoms with Crippen LogP contribution < -0.4 is 10.2 Å². The first-order valence-corrected chi connectivity index (χ1v) is 21.4. The average Bonchev–Trinajstić information content (AvgIpc) is 3.12. The van der Waals surface area contributed by atoms with Gasteiger partial charge in [0.05, 0.1) is 25.2 Å². The summed E-state index contributed by atoms with van der Waals surface area (Å²) < 4.78 is 9.79. The van der Waals surface area contributed by atoms with Gasteiger partial charge in [-0.1, -0.05) is 206 Å². The summed E-state index contributed by atoms with van der Waals surface area (Å²) in [7, 11) is 0. The van der Waals surface area contributed by atoms with Crippen LogP contribution in [0, 0.1) is 0 Å². The number of carboxylic acids is 2. The van der Waals surface area contributed by atoms with Gasteiger partial charge in [0.1, 0.15) is 0 Å².